The molecule has 0 aromatic heterocycles. The molecule has 1 unspecified atom stereocenters. The number of alkyl halides is 2. The summed E-state index contributed by atoms with van der Waals surface area (Å²) >= 11 is 0. The van der Waals surface area contributed by atoms with E-state index in [9.17, 15) is 13.6 Å². The number of amides is 1. The highest BCUT2D eigenvalue weighted by atomic mass is 19.3. The molecule has 3 fully saturated rings. The lowest BCUT2D eigenvalue weighted by Gasteiger charge is -2.44. The first kappa shape index (κ1) is 19.6. The lowest BCUT2D eigenvalue weighted by molar-refractivity contribution is -0.150. The van der Waals surface area contributed by atoms with Gasteiger partial charge in [-0.25, -0.2) is 0 Å². The van der Waals surface area contributed by atoms with Crippen molar-refractivity contribution >= 4 is 5.91 Å². The van der Waals surface area contributed by atoms with E-state index in [1.165, 1.54) is 0 Å². The third kappa shape index (κ3) is 4.15. The Labute approximate surface area is 164 Å². The summed E-state index contributed by atoms with van der Waals surface area (Å²) in [6.07, 6.45) is 4.81. The molecule has 3 heterocycles. The van der Waals surface area contributed by atoms with Crippen molar-refractivity contribution in [2.75, 3.05) is 32.8 Å². The van der Waals surface area contributed by atoms with Crippen LogP contribution in [0.25, 0.3) is 0 Å². The van der Waals surface area contributed by atoms with Crippen LogP contribution in [0, 0.1) is 5.41 Å². The highest BCUT2D eigenvalue weighted by Gasteiger charge is 2.49. The summed E-state index contributed by atoms with van der Waals surface area (Å²) in [5, 5.41) is 0. The van der Waals surface area contributed by atoms with E-state index in [1.54, 1.807) is 12.1 Å². The normalized spacial score (nSPS) is 27.1. The lowest BCUT2D eigenvalue weighted by atomic mass is 9.77. The van der Waals surface area contributed by atoms with Crippen molar-refractivity contribution in [3.8, 4) is 5.75 Å². The Kier molecular flexibility index (Phi) is 5.83. The average Bonchev–Trinajstić information content (AvgIpc) is 3.09. The first-order valence-corrected chi connectivity index (χ1v) is 10.2. The van der Waals surface area contributed by atoms with Crippen molar-refractivity contribution in [1.29, 1.82) is 0 Å². The van der Waals surface area contributed by atoms with Gasteiger partial charge in [-0.05, 0) is 56.3 Å². The topological polar surface area (TPSA) is 42.0 Å². The minimum absolute atomic E-state index is 0.172. The molecule has 5 nitrogen and oxygen atoms in total. The molecule has 4 rings (SSSR count). The minimum Gasteiger partial charge on any atom is -0.435 e. The lowest BCUT2D eigenvalue weighted by Crippen LogP contribution is -2.54. The highest BCUT2D eigenvalue weighted by molar-refractivity contribution is 5.84. The molecular formula is C21H28F2N2O3. The second-order valence-corrected chi connectivity index (χ2v) is 8.21. The van der Waals surface area contributed by atoms with Gasteiger partial charge in [0, 0.05) is 38.9 Å². The summed E-state index contributed by atoms with van der Waals surface area (Å²) < 4.78 is 34.4. The van der Waals surface area contributed by atoms with E-state index in [-0.39, 0.29) is 11.2 Å². The van der Waals surface area contributed by atoms with Gasteiger partial charge in [-0.3, -0.25) is 9.69 Å². The van der Waals surface area contributed by atoms with Crippen molar-refractivity contribution in [1.82, 2.24) is 9.80 Å². The van der Waals surface area contributed by atoms with E-state index < -0.39 is 6.61 Å². The van der Waals surface area contributed by atoms with Gasteiger partial charge in [0.15, 0.2) is 0 Å². The van der Waals surface area contributed by atoms with Crippen LogP contribution in [-0.2, 0) is 16.1 Å². The Morgan fingerprint density at radius 2 is 1.89 bits per heavy atom. The van der Waals surface area contributed by atoms with Crippen LogP contribution in [0.15, 0.2) is 24.3 Å². The zero-order chi connectivity index (χ0) is 19.6. The number of halogens is 2. The van der Waals surface area contributed by atoms with Crippen molar-refractivity contribution in [2.24, 2.45) is 5.41 Å². The Morgan fingerprint density at radius 3 is 2.61 bits per heavy atom. The van der Waals surface area contributed by atoms with Gasteiger partial charge in [-0.1, -0.05) is 12.1 Å². The van der Waals surface area contributed by atoms with Crippen LogP contribution >= 0.6 is 0 Å². The molecule has 0 bridgehead atoms. The van der Waals surface area contributed by atoms with Crippen LogP contribution in [0.4, 0.5) is 8.78 Å². The molecule has 28 heavy (non-hydrogen) atoms. The summed E-state index contributed by atoms with van der Waals surface area (Å²) in [6.45, 7) is 1.96. The number of ether oxygens (including phenoxy) is 2. The number of hydrogen-bond acceptors (Lipinski definition) is 4. The molecule has 154 valence electrons. The van der Waals surface area contributed by atoms with Gasteiger partial charge in [-0.15, -0.1) is 0 Å². The molecule has 1 amide bonds. The van der Waals surface area contributed by atoms with E-state index in [0.717, 1.165) is 77.1 Å². The minimum atomic E-state index is -2.81. The maximum Gasteiger partial charge on any atom is 0.387 e. The van der Waals surface area contributed by atoms with Crippen LogP contribution < -0.4 is 4.74 Å². The number of rotatable bonds is 5. The predicted molar refractivity (Wildman–Crippen MR) is 100 cm³/mol. The number of piperidine rings is 1. The second kappa shape index (κ2) is 8.33. The van der Waals surface area contributed by atoms with Gasteiger partial charge >= 0.3 is 6.61 Å². The molecular weight excluding hydrogens is 366 g/mol. The Morgan fingerprint density at radius 1 is 1.14 bits per heavy atom. The molecule has 1 spiro atoms. The van der Waals surface area contributed by atoms with Crippen LogP contribution in [0.5, 0.6) is 5.75 Å². The molecule has 0 saturated carbocycles. The standard InChI is InChI=1S/C21H28F2N2O3/c22-20(23)28-18-4-2-16(3-5-18)14-24-11-9-21(15-24)8-1-10-25(19(21)26)17-6-12-27-13-7-17/h2-5,17,20H,1,6-15H2. The van der Waals surface area contributed by atoms with Crippen LogP contribution in [0.2, 0.25) is 0 Å². The monoisotopic (exact) mass is 394 g/mol. The maximum absolute atomic E-state index is 13.4. The van der Waals surface area contributed by atoms with Gasteiger partial charge in [0.2, 0.25) is 5.91 Å². The van der Waals surface area contributed by atoms with Crippen molar-refractivity contribution in [3.63, 3.8) is 0 Å². The number of benzene rings is 1. The number of carbonyl (C=O) groups excluding carboxylic acids is 1. The smallest absolute Gasteiger partial charge is 0.387 e. The van der Waals surface area contributed by atoms with Gasteiger partial charge in [-0.2, -0.15) is 8.78 Å². The number of nitrogens with zero attached hydrogens (tertiary/aromatic N) is 2. The first-order chi connectivity index (χ1) is 13.6. The number of likely N-dealkylation sites (tertiary alicyclic amines) is 2. The predicted octanol–water partition coefficient (Wildman–Crippen LogP) is 3.28. The molecule has 3 saturated heterocycles. The average molecular weight is 394 g/mol. The van der Waals surface area contributed by atoms with Gasteiger partial charge < -0.3 is 14.4 Å². The summed E-state index contributed by atoms with van der Waals surface area (Å²) in [7, 11) is 0. The molecule has 1 aromatic carbocycles. The number of hydrogen-bond donors (Lipinski definition) is 0. The zero-order valence-electron chi connectivity index (χ0n) is 16.1. The van der Waals surface area contributed by atoms with E-state index in [0.29, 0.717) is 11.9 Å². The SMILES string of the molecule is O=C1N(C2CCOCC2)CCCC12CCN(Cc1ccc(OC(F)F)cc1)C2. The third-order valence-electron chi connectivity index (χ3n) is 6.39. The molecule has 7 heteroatoms. The third-order valence-corrected chi connectivity index (χ3v) is 6.39. The summed E-state index contributed by atoms with van der Waals surface area (Å²) in [6, 6.07) is 7.12. The van der Waals surface area contributed by atoms with E-state index >= 15 is 0 Å². The fraction of sp³-hybridized carbons (Fsp3) is 0.667. The van der Waals surface area contributed by atoms with Gasteiger partial charge in [0.05, 0.1) is 5.41 Å². The van der Waals surface area contributed by atoms with Crippen LogP contribution in [0.3, 0.4) is 0 Å². The van der Waals surface area contributed by atoms with Crippen molar-refractivity contribution < 1.29 is 23.0 Å². The van der Waals surface area contributed by atoms with Crippen LogP contribution in [0.1, 0.15) is 37.7 Å². The molecule has 3 aliphatic heterocycles. The zero-order valence-corrected chi connectivity index (χ0v) is 16.1. The molecule has 0 N–H and O–H groups in total. The molecule has 0 aliphatic carbocycles. The van der Waals surface area contributed by atoms with Gasteiger partial charge in [0.25, 0.3) is 0 Å². The maximum atomic E-state index is 13.4. The largest absolute Gasteiger partial charge is 0.435 e. The Balaban J connectivity index is 1.37. The summed E-state index contributed by atoms with van der Waals surface area (Å²) in [5.74, 6) is 0.500. The first-order valence-electron chi connectivity index (χ1n) is 10.2. The van der Waals surface area contributed by atoms with E-state index in [1.807, 2.05) is 12.1 Å². The fourth-order valence-electron chi connectivity index (χ4n) is 4.95. The van der Waals surface area contributed by atoms with Crippen LogP contribution in [-0.4, -0.2) is 61.2 Å². The summed E-state index contributed by atoms with van der Waals surface area (Å²) in [5.41, 5.74) is 0.790. The van der Waals surface area contributed by atoms with Crippen molar-refractivity contribution in [2.45, 2.75) is 51.3 Å². The van der Waals surface area contributed by atoms with E-state index in [2.05, 4.69) is 14.5 Å². The second-order valence-electron chi connectivity index (χ2n) is 8.21. The Bertz CT molecular complexity index is 679. The quantitative estimate of drug-likeness (QED) is 0.769. The highest BCUT2D eigenvalue weighted by Crippen LogP contribution is 2.41. The number of carbonyl (C=O) groups is 1. The molecule has 3 aliphatic rings. The van der Waals surface area contributed by atoms with Gasteiger partial charge in [0.1, 0.15) is 5.75 Å². The fourth-order valence-corrected chi connectivity index (χ4v) is 4.95. The molecule has 1 aromatic rings. The van der Waals surface area contributed by atoms with E-state index in [4.69, 9.17) is 4.74 Å². The molecule has 1 atom stereocenters. The molecule has 0 radical (unpaired) electrons. The van der Waals surface area contributed by atoms with Crippen molar-refractivity contribution in [3.05, 3.63) is 29.8 Å². The summed E-state index contributed by atoms with van der Waals surface area (Å²) in [4.78, 5) is 17.8. The Hall–Kier alpha value is -1.73.